The average Bonchev–Trinajstić information content (AvgIpc) is 2.65. The number of anilines is 1. The van der Waals surface area contributed by atoms with Gasteiger partial charge in [0.2, 0.25) is 11.8 Å². The van der Waals surface area contributed by atoms with Gasteiger partial charge in [0.25, 0.3) is 5.91 Å². The van der Waals surface area contributed by atoms with Crippen LogP contribution in [0.25, 0.3) is 0 Å². The molecule has 1 aromatic rings. The molecule has 1 rings (SSSR count). The third kappa shape index (κ3) is 8.58. The Bertz CT molecular complexity index is 651. The molecule has 0 unspecified atom stereocenters. The molecule has 0 saturated heterocycles. The molecule has 1 atom stereocenters. The van der Waals surface area contributed by atoms with Gasteiger partial charge in [0.15, 0.2) is 6.61 Å². The third-order valence-corrected chi connectivity index (χ3v) is 4.04. The Balaban J connectivity index is 0.00000729. The summed E-state index contributed by atoms with van der Waals surface area (Å²) in [6, 6.07) is 6.07. The number of nitrogens with one attached hydrogen (secondary N) is 2. The van der Waals surface area contributed by atoms with Crippen LogP contribution in [0.15, 0.2) is 24.3 Å². The summed E-state index contributed by atoms with van der Waals surface area (Å²) in [5, 5.41) is 5.18. The van der Waals surface area contributed by atoms with Crippen molar-refractivity contribution < 1.29 is 19.1 Å². The van der Waals surface area contributed by atoms with Crippen molar-refractivity contribution in [3.05, 3.63) is 24.3 Å². The lowest BCUT2D eigenvalue weighted by Gasteiger charge is -2.18. The molecule has 0 aliphatic heterocycles. The minimum absolute atomic E-state index is 0. The Morgan fingerprint density at radius 3 is 2.39 bits per heavy atom. The molecule has 8 nitrogen and oxygen atoms in total. The maximum absolute atomic E-state index is 12.0. The van der Waals surface area contributed by atoms with Gasteiger partial charge in [-0.2, -0.15) is 0 Å². The summed E-state index contributed by atoms with van der Waals surface area (Å²) >= 11 is 0. The molecule has 0 bridgehead atoms. The summed E-state index contributed by atoms with van der Waals surface area (Å²) in [7, 11) is 0. The highest BCUT2D eigenvalue weighted by molar-refractivity contribution is 5.95. The zero-order valence-corrected chi connectivity index (χ0v) is 17.7. The van der Waals surface area contributed by atoms with E-state index in [1.54, 1.807) is 29.2 Å². The fraction of sp³-hybridized carbons (Fsp3) is 0.526. The van der Waals surface area contributed by atoms with E-state index in [0.717, 1.165) is 0 Å². The Morgan fingerprint density at radius 2 is 1.82 bits per heavy atom. The molecule has 0 spiro atoms. The monoisotopic (exact) mass is 414 g/mol. The highest BCUT2D eigenvalue weighted by Gasteiger charge is 2.17. The van der Waals surface area contributed by atoms with Gasteiger partial charge in [-0.3, -0.25) is 14.4 Å². The Kier molecular flexibility index (Phi) is 11.9. The number of carbonyl (C=O) groups excluding carboxylic acids is 3. The van der Waals surface area contributed by atoms with Gasteiger partial charge in [0, 0.05) is 24.8 Å². The molecule has 4 N–H and O–H groups in total. The Labute approximate surface area is 172 Å². The molecule has 3 amide bonds. The van der Waals surface area contributed by atoms with Crippen LogP contribution in [0, 0.1) is 5.92 Å². The second-order valence-corrected chi connectivity index (χ2v) is 6.42. The highest BCUT2D eigenvalue weighted by Crippen LogP contribution is 2.17. The Hall–Kier alpha value is -2.32. The smallest absolute Gasteiger partial charge is 0.260 e. The zero-order chi connectivity index (χ0) is 20.4. The standard InChI is InChI=1S/C19H30N4O4.ClH/c1-5-23(6-2)17(25)12-27-15-9-7-8-14(10-15)22-16(24)11-21-19(26)18(20)13(3)4;/h7-10,13,18H,5-6,11-12,20H2,1-4H3,(H,21,26)(H,22,24);1H/t18-;/m0./s1. The van der Waals surface area contributed by atoms with E-state index < -0.39 is 6.04 Å². The molecule has 0 fully saturated rings. The van der Waals surface area contributed by atoms with Crippen LogP contribution in [-0.4, -0.2) is 54.9 Å². The van der Waals surface area contributed by atoms with Gasteiger partial charge >= 0.3 is 0 Å². The Morgan fingerprint density at radius 1 is 1.18 bits per heavy atom. The number of benzene rings is 1. The normalized spacial score (nSPS) is 11.2. The maximum Gasteiger partial charge on any atom is 0.260 e. The molecule has 0 aliphatic carbocycles. The average molecular weight is 415 g/mol. The van der Waals surface area contributed by atoms with Gasteiger partial charge < -0.3 is 26.0 Å². The summed E-state index contributed by atoms with van der Waals surface area (Å²) in [5.74, 6) is -0.387. The van der Waals surface area contributed by atoms with Crippen molar-refractivity contribution in [2.75, 3.05) is 31.6 Å². The van der Waals surface area contributed by atoms with E-state index in [9.17, 15) is 14.4 Å². The van der Waals surface area contributed by atoms with E-state index in [1.807, 2.05) is 27.7 Å². The predicted molar refractivity (Wildman–Crippen MR) is 112 cm³/mol. The number of nitrogens with zero attached hydrogens (tertiary/aromatic N) is 1. The van der Waals surface area contributed by atoms with E-state index in [-0.39, 0.29) is 49.2 Å². The van der Waals surface area contributed by atoms with E-state index in [4.69, 9.17) is 10.5 Å². The van der Waals surface area contributed by atoms with E-state index >= 15 is 0 Å². The number of amides is 3. The van der Waals surface area contributed by atoms with Crippen molar-refractivity contribution >= 4 is 35.8 Å². The molecule has 0 radical (unpaired) electrons. The van der Waals surface area contributed by atoms with Crippen molar-refractivity contribution in [2.45, 2.75) is 33.7 Å². The summed E-state index contributed by atoms with van der Waals surface area (Å²) in [6.45, 7) is 8.49. The van der Waals surface area contributed by atoms with Gasteiger partial charge in [0.1, 0.15) is 5.75 Å². The maximum atomic E-state index is 12.0. The van der Waals surface area contributed by atoms with E-state index in [0.29, 0.717) is 24.5 Å². The third-order valence-electron chi connectivity index (χ3n) is 4.04. The molecule has 158 valence electrons. The minimum atomic E-state index is -0.655. The first-order chi connectivity index (χ1) is 12.8. The van der Waals surface area contributed by atoms with Gasteiger partial charge in [-0.1, -0.05) is 19.9 Å². The van der Waals surface area contributed by atoms with Gasteiger partial charge in [-0.25, -0.2) is 0 Å². The molecular weight excluding hydrogens is 384 g/mol. The molecular formula is C19H31ClN4O4. The van der Waals surface area contributed by atoms with Crippen molar-refractivity contribution in [3.8, 4) is 5.75 Å². The summed E-state index contributed by atoms with van der Waals surface area (Å²) < 4.78 is 5.50. The van der Waals surface area contributed by atoms with Gasteiger partial charge in [-0.05, 0) is 31.9 Å². The highest BCUT2D eigenvalue weighted by atomic mass is 35.5. The van der Waals surface area contributed by atoms with Crippen LogP contribution in [0.1, 0.15) is 27.7 Å². The van der Waals surface area contributed by atoms with Crippen LogP contribution in [-0.2, 0) is 14.4 Å². The minimum Gasteiger partial charge on any atom is -0.484 e. The second kappa shape index (κ2) is 13.0. The lowest BCUT2D eigenvalue weighted by molar-refractivity contribution is -0.133. The van der Waals surface area contributed by atoms with Crippen molar-refractivity contribution in [2.24, 2.45) is 11.7 Å². The number of nitrogens with two attached hydrogens (primary N) is 1. The number of hydrogen-bond acceptors (Lipinski definition) is 5. The topological polar surface area (TPSA) is 114 Å². The fourth-order valence-electron chi connectivity index (χ4n) is 2.27. The SMILES string of the molecule is CCN(CC)C(=O)COc1cccc(NC(=O)CNC(=O)[C@@H](N)C(C)C)c1.Cl. The number of carbonyl (C=O) groups is 3. The first-order valence-corrected chi connectivity index (χ1v) is 9.12. The first-order valence-electron chi connectivity index (χ1n) is 9.12. The summed E-state index contributed by atoms with van der Waals surface area (Å²) in [4.78, 5) is 37.4. The van der Waals surface area contributed by atoms with Crippen molar-refractivity contribution in [1.29, 1.82) is 0 Å². The van der Waals surface area contributed by atoms with Gasteiger partial charge in [-0.15, -0.1) is 12.4 Å². The van der Waals surface area contributed by atoms with Crippen LogP contribution in [0.5, 0.6) is 5.75 Å². The van der Waals surface area contributed by atoms with Crippen LogP contribution in [0.4, 0.5) is 5.69 Å². The van der Waals surface area contributed by atoms with Crippen LogP contribution < -0.4 is 21.1 Å². The number of halogens is 1. The van der Waals surface area contributed by atoms with E-state index in [1.165, 1.54) is 0 Å². The molecule has 0 aromatic heterocycles. The summed E-state index contributed by atoms with van der Waals surface area (Å²) in [5.41, 5.74) is 6.24. The molecule has 0 saturated carbocycles. The largest absolute Gasteiger partial charge is 0.484 e. The first kappa shape index (κ1) is 25.7. The predicted octanol–water partition coefficient (Wildman–Crippen LogP) is 1.39. The fourth-order valence-corrected chi connectivity index (χ4v) is 2.27. The summed E-state index contributed by atoms with van der Waals surface area (Å²) in [6.07, 6.45) is 0. The lowest BCUT2D eigenvalue weighted by atomic mass is 10.1. The zero-order valence-electron chi connectivity index (χ0n) is 16.9. The number of likely N-dealkylation sites (N-methyl/N-ethyl adjacent to an activating group) is 1. The number of hydrogen-bond donors (Lipinski definition) is 3. The van der Waals surface area contributed by atoms with E-state index in [2.05, 4.69) is 10.6 Å². The quantitative estimate of drug-likeness (QED) is 0.535. The number of ether oxygens (including phenoxy) is 1. The lowest BCUT2D eigenvalue weighted by Crippen LogP contribution is -2.46. The van der Waals surface area contributed by atoms with Crippen molar-refractivity contribution in [1.82, 2.24) is 10.2 Å². The van der Waals surface area contributed by atoms with Crippen LogP contribution in [0.3, 0.4) is 0 Å². The van der Waals surface area contributed by atoms with Crippen molar-refractivity contribution in [3.63, 3.8) is 0 Å². The van der Waals surface area contributed by atoms with Crippen LogP contribution in [0.2, 0.25) is 0 Å². The molecule has 9 heteroatoms. The number of rotatable bonds is 10. The molecule has 1 aromatic carbocycles. The second-order valence-electron chi connectivity index (χ2n) is 6.42. The molecule has 0 heterocycles. The van der Waals surface area contributed by atoms with Gasteiger partial charge in [0.05, 0.1) is 12.6 Å². The molecule has 0 aliphatic rings. The van der Waals surface area contributed by atoms with Crippen LogP contribution >= 0.6 is 12.4 Å². The molecule has 28 heavy (non-hydrogen) atoms.